The molecule has 0 aliphatic rings. The molecule has 116 valence electrons. The number of benzene rings is 2. The molecule has 2 rings (SSSR count). The van der Waals surface area contributed by atoms with E-state index in [2.05, 4.69) is 15.9 Å². The number of rotatable bonds is 4. The molecular weight excluding hydrogens is 399 g/mol. The minimum atomic E-state index is -4.25. The first kappa shape index (κ1) is 16.9. The number of amides is 1. The van der Waals surface area contributed by atoms with Crippen LogP contribution in [0.3, 0.4) is 0 Å². The van der Waals surface area contributed by atoms with Crippen molar-refractivity contribution in [2.45, 2.75) is 4.90 Å². The minimum absolute atomic E-state index is 0.0636. The van der Waals surface area contributed by atoms with Crippen molar-refractivity contribution in [2.24, 2.45) is 0 Å². The highest BCUT2D eigenvalue weighted by molar-refractivity contribution is 9.10. The van der Waals surface area contributed by atoms with Crippen molar-refractivity contribution < 1.29 is 17.6 Å². The average Bonchev–Trinajstić information content (AvgIpc) is 2.45. The van der Waals surface area contributed by atoms with Gasteiger partial charge in [-0.05, 0) is 46.3 Å². The van der Waals surface area contributed by atoms with E-state index in [-0.39, 0.29) is 10.6 Å². The molecule has 0 aliphatic heterocycles. The summed E-state index contributed by atoms with van der Waals surface area (Å²) >= 11 is 8.73. The van der Waals surface area contributed by atoms with Gasteiger partial charge in [0.2, 0.25) is 0 Å². The average molecular weight is 408 g/mol. The third-order valence-corrected chi connectivity index (χ3v) is 4.81. The molecule has 5 nitrogen and oxygen atoms in total. The van der Waals surface area contributed by atoms with Gasteiger partial charge in [-0.15, -0.1) is 4.83 Å². The molecule has 0 saturated carbocycles. The van der Waals surface area contributed by atoms with Gasteiger partial charge in [0.25, 0.3) is 15.9 Å². The second-order valence-corrected chi connectivity index (χ2v) is 7.06. The predicted octanol–water partition coefficient (Wildman–Crippen LogP) is 2.86. The lowest BCUT2D eigenvalue weighted by molar-refractivity contribution is 0.0944. The van der Waals surface area contributed by atoms with E-state index in [1.165, 1.54) is 12.1 Å². The van der Waals surface area contributed by atoms with Crippen molar-refractivity contribution in [1.82, 2.24) is 10.3 Å². The summed E-state index contributed by atoms with van der Waals surface area (Å²) in [6.45, 7) is 0. The SMILES string of the molecule is O=C(NNS(=O)(=O)c1ccc(Cl)cc1F)c1ccccc1Br. The van der Waals surface area contributed by atoms with Gasteiger partial charge in [-0.1, -0.05) is 23.7 Å². The van der Waals surface area contributed by atoms with Crippen LogP contribution in [0.5, 0.6) is 0 Å². The van der Waals surface area contributed by atoms with Gasteiger partial charge >= 0.3 is 0 Å². The fourth-order valence-corrected chi connectivity index (χ4v) is 3.10. The second kappa shape index (κ2) is 6.74. The van der Waals surface area contributed by atoms with E-state index >= 15 is 0 Å². The summed E-state index contributed by atoms with van der Waals surface area (Å²) < 4.78 is 38.1. The molecule has 1 amide bonds. The van der Waals surface area contributed by atoms with Crippen LogP contribution in [-0.4, -0.2) is 14.3 Å². The first-order valence-electron chi connectivity index (χ1n) is 5.83. The summed E-state index contributed by atoms with van der Waals surface area (Å²) in [5.41, 5.74) is 2.24. The molecule has 0 saturated heterocycles. The first-order valence-corrected chi connectivity index (χ1v) is 8.48. The van der Waals surface area contributed by atoms with Crippen LogP contribution in [0.25, 0.3) is 0 Å². The van der Waals surface area contributed by atoms with Crippen LogP contribution in [0.4, 0.5) is 4.39 Å². The topological polar surface area (TPSA) is 75.3 Å². The second-order valence-electron chi connectivity index (χ2n) is 4.11. The van der Waals surface area contributed by atoms with Gasteiger partial charge in [-0.25, -0.2) is 12.8 Å². The lowest BCUT2D eigenvalue weighted by Crippen LogP contribution is -2.41. The van der Waals surface area contributed by atoms with Crippen molar-refractivity contribution in [3.05, 3.63) is 63.3 Å². The Hall–Kier alpha value is -1.48. The molecule has 9 heteroatoms. The minimum Gasteiger partial charge on any atom is -0.273 e. The molecule has 2 N–H and O–H groups in total. The number of carbonyl (C=O) groups is 1. The van der Waals surface area contributed by atoms with Gasteiger partial charge in [0.15, 0.2) is 0 Å². The zero-order valence-corrected chi connectivity index (χ0v) is 14.0. The molecule has 2 aromatic rings. The molecule has 2 aromatic carbocycles. The molecule has 0 atom stereocenters. The van der Waals surface area contributed by atoms with Gasteiger partial charge in [0, 0.05) is 9.50 Å². The number of halogens is 3. The highest BCUT2D eigenvalue weighted by Gasteiger charge is 2.20. The van der Waals surface area contributed by atoms with Crippen molar-refractivity contribution in [2.75, 3.05) is 0 Å². The highest BCUT2D eigenvalue weighted by Crippen LogP contribution is 2.19. The van der Waals surface area contributed by atoms with E-state index in [1.54, 1.807) is 18.2 Å². The number of hydrogen-bond acceptors (Lipinski definition) is 3. The quantitative estimate of drug-likeness (QED) is 0.765. The Morgan fingerprint density at radius 3 is 2.50 bits per heavy atom. The van der Waals surface area contributed by atoms with Gasteiger partial charge < -0.3 is 0 Å². The Bertz CT molecular complexity index is 830. The van der Waals surface area contributed by atoms with Crippen LogP contribution in [0, 0.1) is 5.82 Å². The molecule has 0 bridgehead atoms. The smallest absolute Gasteiger partial charge is 0.267 e. The van der Waals surface area contributed by atoms with Crippen molar-refractivity contribution in [1.29, 1.82) is 0 Å². The highest BCUT2D eigenvalue weighted by atomic mass is 79.9. The molecule has 0 heterocycles. The number of carbonyl (C=O) groups excluding carboxylic acids is 1. The largest absolute Gasteiger partial charge is 0.273 e. The van der Waals surface area contributed by atoms with Crippen molar-refractivity contribution in [3.63, 3.8) is 0 Å². The number of nitrogens with one attached hydrogen (secondary N) is 2. The molecule has 0 aromatic heterocycles. The summed E-state index contributed by atoms with van der Waals surface area (Å²) in [6.07, 6.45) is 0. The van der Waals surface area contributed by atoms with Crippen LogP contribution in [0.1, 0.15) is 10.4 Å². The Labute approximate surface area is 139 Å². The third-order valence-electron chi connectivity index (χ3n) is 2.60. The van der Waals surface area contributed by atoms with Crippen LogP contribution in [-0.2, 0) is 10.0 Å². The molecule has 0 aliphatic carbocycles. The monoisotopic (exact) mass is 406 g/mol. The summed E-state index contributed by atoms with van der Waals surface area (Å²) in [5, 5.41) is 0.0636. The number of hydrazine groups is 1. The van der Waals surface area contributed by atoms with Crippen LogP contribution in [0.15, 0.2) is 51.8 Å². The summed E-state index contributed by atoms with van der Waals surface area (Å²) in [4.78, 5) is 13.1. The maximum Gasteiger partial charge on any atom is 0.267 e. The maximum absolute atomic E-state index is 13.6. The summed E-state index contributed by atoms with van der Waals surface area (Å²) in [5.74, 6) is -1.71. The van der Waals surface area contributed by atoms with Gasteiger partial charge in [0.1, 0.15) is 10.7 Å². The van der Waals surface area contributed by atoms with Crippen LogP contribution in [0.2, 0.25) is 5.02 Å². The van der Waals surface area contributed by atoms with Crippen LogP contribution < -0.4 is 10.3 Å². The van der Waals surface area contributed by atoms with E-state index in [0.717, 1.165) is 12.1 Å². The van der Waals surface area contributed by atoms with E-state index in [0.29, 0.717) is 4.47 Å². The van der Waals surface area contributed by atoms with Crippen molar-refractivity contribution >= 4 is 43.5 Å². The number of hydrogen-bond donors (Lipinski definition) is 2. The molecule has 22 heavy (non-hydrogen) atoms. The van der Waals surface area contributed by atoms with E-state index in [4.69, 9.17) is 11.6 Å². The molecule has 0 fully saturated rings. The fourth-order valence-electron chi connectivity index (χ4n) is 1.57. The lowest BCUT2D eigenvalue weighted by atomic mass is 10.2. The summed E-state index contributed by atoms with van der Waals surface area (Å²) in [7, 11) is -4.25. The Morgan fingerprint density at radius 1 is 1.18 bits per heavy atom. The Morgan fingerprint density at radius 2 is 1.86 bits per heavy atom. The van der Waals surface area contributed by atoms with Gasteiger partial charge in [-0.3, -0.25) is 10.2 Å². The van der Waals surface area contributed by atoms with Gasteiger partial charge in [0.05, 0.1) is 5.56 Å². The summed E-state index contributed by atoms with van der Waals surface area (Å²) in [6, 6.07) is 9.55. The number of sulfonamides is 1. The molecule has 0 radical (unpaired) electrons. The zero-order chi connectivity index (χ0) is 16.3. The maximum atomic E-state index is 13.6. The van der Waals surface area contributed by atoms with Crippen molar-refractivity contribution in [3.8, 4) is 0 Å². The van der Waals surface area contributed by atoms with E-state index in [9.17, 15) is 17.6 Å². The van der Waals surface area contributed by atoms with E-state index < -0.39 is 26.6 Å². The lowest BCUT2D eigenvalue weighted by Gasteiger charge is -2.10. The molecule has 0 unspecified atom stereocenters. The normalized spacial score (nSPS) is 11.2. The van der Waals surface area contributed by atoms with E-state index in [1.807, 2.05) is 10.3 Å². The molecular formula is C13H9BrClFN2O3S. The van der Waals surface area contributed by atoms with Gasteiger partial charge in [-0.2, -0.15) is 0 Å². The predicted molar refractivity (Wildman–Crippen MR) is 83.3 cm³/mol. The fraction of sp³-hybridized carbons (Fsp3) is 0. The van der Waals surface area contributed by atoms with Crippen LogP contribution >= 0.6 is 27.5 Å². The standard InChI is InChI=1S/C13H9BrClFN2O3S/c14-10-4-2-1-3-9(10)13(19)17-18-22(20,21)12-6-5-8(15)7-11(12)16/h1-7,18H,(H,17,19). The first-order chi connectivity index (χ1) is 10.3. The molecule has 0 spiro atoms. The zero-order valence-electron chi connectivity index (χ0n) is 10.8. The Balaban J connectivity index is 2.17. The third kappa shape index (κ3) is 3.83. The Kier molecular flexibility index (Phi) is 5.17.